The third-order valence-corrected chi connectivity index (χ3v) is 5.41. The molecule has 1 heterocycles. The number of hydrogen-bond donors (Lipinski definition) is 0. The number of ether oxygens (including phenoxy) is 1. The van der Waals surface area contributed by atoms with Gasteiger partial charge >= 0.3 is 0 Å². The Labute approximate surface area is 191 Å². The van der Waals surface area contributed by atoms with Crippen molar-refractivity contribution in [2.24, 2.45) is 0 Å². The van der Waals surface area contributed by atoms with Gasteiger partial charge in [0.05, 0.1) is 25.4 Å². The van der Waals surface area contributed by atoms with Crippen LogP contribution in [-0.4, -0.2) is 28.2 Å². The van der Waals surface area contributed by atoms with E-state index in [4.69, 9.17) is 16.3 Å². The maximum atomic E-state index is 13.1. The minimum Gasteiger partial charge on any atom is -0.497 e. The normalized spacial score (nSPS) is 10.7. The number of aromatic nitrogens is 2. The molecular weight excluding hydrogens is 424 g/mol. The molecular formula is C26H21ClN2O3. The second-order valence-corrected chi connectivity index (χ2v) is 7.73. The monoisotopic (exact) mass is 444 g/mol. The lowest BCUT2D eigenvalue weighted by molar-refractivity contribution is 0.0886. The van der Waals surface area contributed by atoms with Crippen LogP contribution in [0.4, 0.5) is 0 Å². The molecule has 4 aromatic rings. The van der Waals surface area contributed by atoms with Crippen molar-refractivity contribution in [3.05, 3.63) is 107 Å². The first-order valence-corrected chi connectivity index (χ1v) is 10.5. The number of rotatable bonds is 8. The summed E-state index contributed by atoms with van der Waals surface area (Å²) < 4.78 is 7.10. The Kier molecular flexibility index (Phi) is 6.47. The first-order valence-electron chi connectivity index (χ1n) is 10.1. The van der Waals surface area contributed by atoms with Crippen LogP contribution in [0.15, 0.2) is 85.1 Å². The van der Waals surface area contributed by atoms with Gasteiger partial charge in [-0.15, -0.1) is 0 Å². The molecule has 0 aliphatic rings. The molecule has 5 nitrogen and oxygen atoms in total. The van der Waals surface area contributed by atoms with E-state index in [0.717, 1.165) is 22.6 Å². The number of Topliss-reactive ketones (excluding diaryl/α,β-unsaturated/α-hetero) is 2. The van der Waals surface area contributed by atoms with Crippen LogP contribution >= 0.6 is 11.6 Å². The summed E-state index contributed by atoms with van der Waals surface area (Å²) in [6.45, 7) is 0.457. The van der Waals surface area contributed by atoms with E-state index in [1.165, 1.54) is 0 Å². The third-order valence-electron chi connectivity index (χ3n) is 5.16. The van der Waals surface area contributed by atoms with Crippen molar-refractivity contribution in [3.8, 4) is 17.0 Å². The Balaban J connectivity index is 1.67. The first-order chi connectivity index (χ1) is 15.5. The van der Waals surface area contributed by atoms with Gasteiger partial charge in [0.15, 0.2) is 11.6 Å². The fourth-order valence-electron chi connectivity index (χ4n) is 3.48. The van der Waals surface area contributed by atoms with E-state index in [0.29, 0.717) is 17.1 Å². The lowest BCUT2D eigenvalue weighted by Gasteiger charge is -2.12. The zero-order valence-corrected chi connectivity index (χ0v) is 18.3. The summed E-state index contributed by atoms with van der Waals surface area (Å²) in [5.74, 6) is 0.391. The first kappa shape index (κ1) is 21.5. The van der Waals surface area contributed by atoms with E-state index in [2.05, 4.69) is 4.98 Å². The molecule has 0 spiro atoms. The van der Waals surface area contributed by atoms with Crippen molar-refractivity contribution in [2.75, 3.05) is 7.11 Å². The van der Waals surface area contributed by atoms with Gasteiger partial charge in [0.2, 0.25) is 5.78 Å². The average molecular weight is 445 g/mol. The molecule has 0 saturated heterocycles. The van der Waals surface area contributed by atoms with Gasteiger partial charge in [0.1, 0.15) is 5.75 Å². The molecule has 160 valence electrons. The van der Waals surface area contributed by atoms with Gasteiger partial charge in [-0.1, -0.05) is 41.9 Å². The highest BCUT2D eigenvalue weighted by Gasteiger charge is 2.21. The highest BCUT2D eigenvalue weighted by molar-refractivity contribution is 6.30. The van der Waals surface area contributed by atoms with Crippen LogP contribution in [0.5, 0.6) is 5.75 Å². The maximum absolute atomic E-state index is 13.1. The largest absolute Gasteiger partial charge is 0.497 e. The molecule has 0 bridgehead atoms. The van der Waals surface area contributed by atoms with Crippen LogP contribution < -0.4 is 4.74 Å². The SMILES string of the molecule is COc1ccc(-c2cnc(C(=O)CC(=O)c3ccc(Cl)cc3)n2Cc2ccccc2)cc1. The van der Waals surface area contributed by atoms with Crippen molar-refractivity contribution in [3.63, 3.8) is 0 Å². The van der Waals surface area contributed by atoms with E-state index in [9.17, 15) is 9.59 Å². The van der Waals surface area contributed by atoms with E-state index in [-0.39, 0.29) is 23.8 Å². The molecule has 0 aliphatic heterocycles. The number of benzene rings is 3. The zero-order valence-electron chi connectivity index (χ0n) is 17.5. The molecule has 6 heteroatoms. The lowest BCUT2D eigenvalue weighted by Crippen LogP contribution is -2.16. The molecule has 4 rings (SSSR count). The van der Waals surface area contributed by atoms with E-state index >= 15 is 0 Å². The van der Waals surface area contributed by atoms with Crippen LogP contribution in [0.2, 0.25) is 5.02 Å². The van der Waals surface area contributed by atoms with Crippen molar-refractivity contribution < 1.29 is 14.3 Å². The minimum absolute atomic E-state index is 0.252. The second-order valence-electron chi connectivity index (χ2n) is 7.30. The van der Waals surface area contributed by atoms with E-state index in [1.807, 2.05) is 59.2 Å². The number of methoxy groups -OCH3 is 1. The summed E-state index contributed by atoms with van der Waals surface area (Å²) in [5.41, 5.74) is 3.16. The molecule has 0 unspecified atom stereocenters. The lowest BCUT2D eigenvalue weighted by atomic mass is 10.1. The van der Waals surface area contributed by atoms with Crippen molar-refractivity contribution >= 4 is 23.2 Å². The van der Waals surface area contributed by atoms with E-state index in [1.54, 1.807) is 37.6 Å². The topological polar surface area (TPSA) is 61.2 Å². The maximum Gasteiger partial charge on any atom is 0.206 e. The Bertz CT molecular complexity index is 1230. The number of carbonyl (C=O) groups excluding carboxylic acids is 2. The van der Waals surface area contributed by atoms with Gasteiger partial charge in [0.25, 0.3) is 0 Å². The fourth-order valence-corrected chi connectivity index (χ4v) is 3.61. The van der Waals surface area contributed by atoms with Crippen molar-refractivity contribution in [1.82, 2.24) is 9.55 Å². The number of halogens is 1. The molecule has 0 N–H and O–H groups in total. The fraction of sp³-hybridized carbons (Fsp3) is 0.115. The van der Waals surface area contributed by atoms with Crippen LogP contribution in [0, 0.1) is 0 Å². The predicted octanol–water partition coefficient (Wildman–Crippen LogP) is 5.72. The summed E-state index contributed by atoms with van der Waals surface area (Å²) in [4.78, 5) is 30.1. The smallest absolute Gasteiger partial charge is 0.206 e. The molecule has 0 radical (unpaired) electrons. The van der Waals surface area contributed by atoms with Gasteiger partial charge in [0, 0.05) is 22.7 Å². The van der Waals surface area contributed by atoms with Crippen molar-refractivity contribution in [2.45, 2.75) is 13.0 Å². The Morgan fingerprint density at radius 2 is 1.59 bits per heavy atom. The van der Waals surface area contributed by atoms with E-state index < -0.39 is 0 Å². The Morgan fingerprint density at radius 1 is 0.906 bits per heavy atom. The van der Waals surface area contributed by atoms with Gasteiger partial charge < -0.3 is 9.30 Å². The third kappa shape index (κ3) is 4.79. The number of carbonyl (C=O) groups is 2. The molecule has 0 atom stereocenters. The number of ketones is 2. The van der Waals surface area contributed by atoms with Gasteiger partial charge in [-0.25, -0.2) is 4.98 Å². The van der Waals surface area contributed by atoms with Crippen molar-refractivity contribution in [1.29, 1.82) is 0 Å². The molecule has 3 aromatic carbocycles. The molecule has 1 aromatic heterocycles. The van der Waals surface area contributed by atoms with Crippen LogP contribution in [-0.2, 0) is 6.54 Å². The quantitative estimate of drug-likeness (QED) is 0.258. The average Bonchev–Trinajstić information content (AvgIpc) is 3.23. The molecule has 32 heavy (non-hydrogen) atoms. The molecule has 0 fully saturated rings. The molecule has 0 amide bonds. The minimum atomic E-state index is -0.333. The summed E-state index contributed by atoms with van der Waals surface area (Å²) in [5, 5.41) is 0.537. The number of hydrogen-bond acceptors (Lipinski definition) is 4. The Hall–Kier alpha value is -3.70. The van der Waals surface area contributed by atoms with Crippen LogP contribution in [0.3, 0.4) is 0 Å². The predicted molar refractivity (Wildman–Crippen MR) is 124 cm³/mol. The Morgan fingerprint density at radius 3 is 2.25 bits per heavy atom. The van der Waals surface area contributed by atoms with Gasteiger partial charge in [-0.05, 0) is 54.1 Å². The summed E-state index contributed by atoms with van der Waals surface area (Å²) >= 11 is 5.90. The highest BCUT2D eigenvalue weighted by Crippen LogP contribution is 2.25. The summed E-state index contributed by atoms with van der Waals surface area (Å²) in [6, 6.07) is 23.9. The number of imidazole rings is 1. The highest BCUT2D eigenvalue weighted by atomic mass is 35.5. The summed E-state index contributed by atoms with van der Waals surface area (Å²) in [6.07, 6.45) is 1.40. The second kappa shape index (κ2) is 9.62. The molecule has 0 aliphatic carbocycles. The number of nitrogens with zero attached hydrogens (tertiary/aromatic N) is 2. The van der Waals surface area contributed by atoms with Crippen LogP contribution in [0.1, 0.15) is 33.0 Å². The zero-order chi connectivity index (χ0) is 22.5. The molecule has 0 saturated carbocycles. The van der Waals surface area contributed by atoms with Gasteiger partial charge in [-0.2, -0.15) is 0 Å². The van der Waals surface area contributed by atoms with Crippen LogP contribution in [0.25, 0.3) is 11.3 Å². The standard InChI is InChI=1S/C26H21ClN2O3/c1-32-22-13-9-19(10-14-22)23-16-28-26(29(23)17-18-5-3-2-4-6-18)25(31)15-24(30)20-7-11-21(27)12-8-20/h2-14,16H,15,17H2,1H3. The van der Waals surface area contributed by atoms with Gasteiger partial charge in [-0.3, -0.25) is 9.59 Å². The summed E-state index contributed by atoms with van der Waals surface area (Å²) in [7, 11) is 1.61.